The average molecular weight is 385 g/mol. The van der Waals surface area contributed by atoms with E-state index >= 15 is 0 Å². The molecule has 0 radical (unpaired) electrons. The van der Waals surface area contributed by atoms with Gasteiger partial charge in [-0.1, -0.05) is 6.07 Å². The van der Waals surface area contributed by atoms with Crippen LogP contribution in [0.5, 0.6) is 5.75 Å². The van der Waals surface area contributed by atoms with Crippen molar-refractivity contribution in [3.05, 3.63) is 60.6 Å². The van der Waals surface area contributed by atoms with E-state index in [4.69, 9.17) is 15.6 Å². The second-order valence-corrected chi connectivity index (χ2v) is 7.00. The second-order valence-electron chi connectivity index (χ2n) is 7.00. The highest BCUT2D eigenvalue weighted by atomic mass is 16.5. The number of carbonyl (C=O) groups excluding carboxylic acids is 1. The van der Waals surface area contributed by atoms with E-state index in [-0.39, 0.29) is 6.61 Å². The molecule has 4 aromatic rings. The summed E-state index contributed by atoms with van der Waals surface area (Å²) < 4.78 is 7.53. The quantitative estimate of drug-likeness (QED) is 0.570. The molecule has 144 valence electrons. The fourth-order valence-corrected chi connectivity index (χ4v) is 3.89. The van der Waals surface area contributed by atoms with E-state index in [1.165, 1.54) is 5.69 Å². The number of nitrogens with zero attached hydrogens (tertiary/aromatic N) is 4. The van der Waals surface area contributed by atoms with Crippen LogP contribution in [0.3, 0.4) is 0 Å². The van der Waals surface area contributed by atoms with E-state index in [1.807, 2.05) is 42.5 Å². The number of amides is 1. The fourth-order valence-electron chi connectivity index (χ4n) is 3.89. The van der Waals surface area contributed by atoms with E-state index in [1.54, 1.807) is 12.4 Å². The Morgan fingerprint density at radius 1 is 1.14 bits per heavy atom. The minimum absolute atomic E-state index is 0.161. The van der Waals surface area contributed by atoms with Crippen LogP contribution in [0.15, 0.2) is 54.9 Å². The number of nitrogens with two attached hydrogens (primary N) is 1. The molecule has 0 saturated heterocycles. The van der Waals surface area contributed by atoms with Gasteiger partial charge in [0.05, 0.1) is 11.2 Å². The Kier molecular flexibility index (Phi) is 4.20. The maximum atomic E-state index is 11.0. The Morgan fingerprint density at radius 2 is 2.07 bits per heavy atom. The topological polar surface area (TPSA) is 95.9 Å². The van der Waals surface area contributed by atoms with Gasteiger partial charge >= 0.3 is 0 Å². The summed E-state index contributed by atoms with van der Waals surface area (Å²) in [6.45, 7) is 0.759. The molecule has 1 aliphatic heterocycles. The predicted octanol–water partition coefficient (Wildman–Crippen LogP) is 2.97. The largest absolute Gasteiger partial charge is 0.484 e. The normalized spacial score (nSPS) is 12.8. The number of primary amides is 1. The number of hydrogen-bond acceptors (Lipinski definition) is 5. The number of hydrogen-bond donors (Lipinski definition) is 1. The van der Waals surface area contributed by atoms with Crippen molar-refractivity contribution >= 4 is 16.8 Å². The Bertz CT molecular complexity index is 1220. The first-order chi connectivity index (χ1) is 14.2. The van der Waals surface area contributed by atoms with Gasteiger partial charge in [-0.25, -0.2) is 0 Å². The molecule has 0 fully saturated rings. The molecule has 0 bridgehead atoms. The van der Waals surface area contributed by atoms with Gasteiger partial charge in [-0.05, 0) is 48.7 Å². The van der Waals surface area contributed by atoms with Gasteiger partial charge in [0.1, 0.15) is 11.4 Å². The van der Waals surface area contributed by atoms with Crippen molar-refractivity contribution in [3.63, 3.8) is 0 Å². The molecule has 5 rings (SSSR count). The number of fused-ring (bicyclic) bond motifs is 2. The third-order valence-electron chi connectivity index (χ3n) is 5.11. The van der Waals surface area contributed by atoms with Gasteiger partial charge in [0.25, 0.3) is 5.91 Å². The first-order valence-electron chi connectivity index (χ1n) is 9.52. The molecular formula is C22H19N5O2. The van der Waals surface area contributed by atoms with E-state index < -0.39 is 5.91 Å². The van der Waals surface area contributed by atoms with Crippen molar-refractivity contribution in [2.45, 2.75) is 19.4 Å². The third kappa shape index (κ3) is 3.10. The van der Waals surface area contributed by atoms with Crippen LogP contribution in [0.4, 0.5) is 0 Å². The van der Waals surface area contributed by atoms with Gasteiger partial charge in [0.15, 0.2) is 6.61 Å². The highest BCUT2D eigenvalue weighted by molar-refractivity contribution is 5.99. The van der Waals surface area contributed by atoms with Gasteiger partial charge in [-0.2, -0.15) is 5.10 Å². The number of rotatable bonds is 5. The molecule has 0 aliphatic carbocycles. The molecule has 0 atom stereocenters. The van der Waals surface area contributed by atoms with E-state index in [2.05, 4.69) is 14.6 Å². The van der Waals surface area contributed by atoms with Crippen LogP contribution in [-0.4, -0.2) is 32.3 Å². The smallest absolute Gasteiger partial charge is 0.255 e. The van der Waals surface area contributed by atoms with E-state index in [0.717, 1.165) is 52.8 Å². The lowest BCUT2D eigenvalue weighted by molar-refractivity contribution is -0.119. The van der Waals surface area contributed by atoms with Crippen molar-refractivity contribution in [1.82, 2.24) is 19.7 Å². The van der Waals surface area contributed by atoms with Crippen LogP contribution in [0, 0.1) is 0 Å². The summed E-state index contributed by atoms with van der Waals surface area (Å²) in [5.41, 5.74) is 11.1. The Hall–Kier alpha value is -3.74. The van der Waals surface area contributed by atoms with Crippen molar-refractivity contribution in [2.75, 3.05) is 6.61 Å². The number of carbonyl (C=O) groups is 1. The van der Waals surface area contributed by atoms with Crippen LogP contribution < -0.4 is 10.5 Å². The lowest BCUT2D eigenvalue weighted by Crippen LogP contribution is -2.19. The maximum absolute atomic E-state index is 11.0. The molecule has 0 spiro atoms. The average Bonchev–Trinajstić information content (AvgIpc) is 3.33. The first-order valence-corrected chi connectivity index (χ1v) is 9.52. The minimum atomic E-state index is -0.512. The van der Waals surface area contributed by atoms with Gasteiger partial charge in [0.2, 0.25) is 0 Å². The summed E-state index contributed by atoms with van der Waals surface area (Å²) in [6, 6.07) is 13.5. The zero-order chi connectivity index (χ0) is 19.8. The molecule has 1 aromatic carbocycles. The van der Waals surface area contributed by atoms with Crippen LogP contribution in [0.25, 0.3) is 33.4 Å². The van der Waals surface area contributed by atoms with Gasteiger partial charge < -0.3 is 10.5 Å². The SMILES string of the molecule is NC(=O)COc1ccc2c(-c3c(-c4ccccn4)nn4c3CCC4)ccnc2c1. The summed E-state index contributed by atoms with van der Waals surface area (Å²) in [7, 11) is 0. The highest BCUT2D eigenvalue weighted by Crippen LogP contribution is 2.40. The van der Waals surface area contributed by atoms with E-state index in [0.29, 0.717) is 5.75 Å². The molecule has 7 nitrogen and oxygen atoms in total. The van der Waals surface area contributed by atoms with Gasteiger partial charge in [-0.3, -0.25) is 19.4 Å². The molecular weight excluding hydrogens is 366 g/mol. The first kappa shape index (κ1) is 17.4. The standard InChI is InChI=1S/C22H19N5O2/c23-20(28)13-29-14-6-7-15-16(8-10-25-18(15)12-14)21-19-5-3-11-27(19)26-22(21)17-4-1-2-9-24-17/h1-2,4,6-10,12H,3,5,11,13H2,(H2,23,28). The van der Waals surface area contributed by atoms with Crippen molar-refractivity contribution < 1.29 is 9.53 Å². The predicted molar refractivity (Wildman–Crippen MR) is 109 cm³/mol. The maximum Gasteiger partial charge on any atom is 0.255 e. The molecule has 3 aromatic heterocycles. The highest BCUT2D eigenvalue weighted by Gasteiger charge is 2.25. The van der Waals surface area contributed by atoms with Crippen LogP contribution in [0.2, 0.25) is 0 Å². The van der Waals surface area contributed by atoms with Crippen molar-refractivity contribution in [2.24, 2.45) is 5.73 Å². The van der Waals surface area contributed by atoms with E-state index in [9.17, 15) is 4.79 Å². The zero-order valence-corrected chi connectivity index (χ0v) is 15.7. The van der Waals surface area contributed by atoms with Crippen LogP contribution in [-0.2, 0) is 17.8 Å². The Balaban J connectivity index is 1.67. The van der Waals surface area contributed by atoms with Gasteiger partial charge in [0, 0.05) is 41.6 Å². The summed E-state index contributed by atoms with van der Waals surface area (Å²) in [5.74, 6) is 0.0494. The summed E-state index contributed by atoms with van der Waals surface area (Å²) in [5, 5.41) is 5.87. The Morgan fingerprint density at radius 3 is 2.90 bits per heavy atom. The number of ether oxygens (including phenoxy) is 1. The summed E-state index contributed by atoms with van der Waals surface area (Å²) >= 11 is 0. The molecule has 0 unspecified atom stereocenters. The minimum Gasteiger partial charge on any atom is -0.484 e. The lowest BCUT2D eigenvalue weighted by Gasteiger charge is -2.10. The molecule has 1 amide bonds. The van der Waals surface area contributed by atoms with Crippen LogP contribution >= 0.6 is 0 Å². The molecule has 0 saturated carbocycles. The second kappa shape index (κ2) is 7.01. The van der Waals surface area contributed by atoms with Crippen LogP contribution in [0.1, 0.15) is 12.1 Å². The summed E-state index contributed by atoms with van der Waals surface area (Å²) in [6.07, 6.45) is 5.65. The molecule has 1 aliphatic rings. The van der Waals surface area contributed by atoms with Crippen molar-refractivity contribution in [3.8, 4) is 28.3 Å². The fraction of sp³-hybridized carbons (Fsp3) is 0.182. The molecule has 29 heavy (non-hydrogen) atoms. The number of aromatic nitrogens is 4. The summed E-state index contributed by atoms with van der Waals surface area (Å²) in [4.78, 5) is 20.0. The Labute approximate surface area is 167 Å². The number of benzene rings is 1. The zero-order valence-electron chi connectivity index (χ0n) is 15.7. The van der Waals surface area contributed by atoms with Crippen molar-refractivity contribution in [1.29, 1.82) is 0 Å². The van der Waals surface area contributed by atoms with Gasteiger partial charge in [-0.15, -0.1) is 0 Å². The monoisotopic (exact) mass is 385 g/mol. The molecule has 7 heteroatoms. The number of pyridine rings is 2. The third-order valence-corrected chi connectivity index (χ3v) is 5.11. The molecule has 4 heterocycles. The molecule has 2 N–H and O–H groups in total. The lowest BCUT2D eigenvalue weighted by atomic mass is 9.96. The number of aryl methyl sites for hydroxylation is 1.